The number of anilines is 1. The lowest BCUT2D eigenvalue weighted by atomic mass is 9.99. The molecule has 0 saturated carbocycles. The Bertz CT molecular complexity index is 1370. The number of aryl methyl sites for hydroxylation is 3. The first-order valence-electron chi connectivity index (χ1n) is 12.1. The summed E-state index contributed by atoms with van der Waals surface area (Å²) in [5, 5.41) is 0.105. The largest absolute Gasteiger partial charge is 0.369 e. The number of rotatable bonds is 6. The normalized spacial score (nSPS) is 16.9. The third kappa shape index (κ3) is 4.63. The fourth-order valence-corrected chi connectivity index (χ4v) is 6.50. The van der Waals surface area contributed by atoms with Gasteiger partial charge in [-0.15, -0.1) is 0 Å². The van der Waals surface area contributed by atoms with Gasteiger partial charge in [-0.1, -0.05) is 26.3 Å². The van der Waals surface area contributed by atoms with Crippen molar-refractivity contribution in [3.63, 3.8) is 0 Å². The molecule has 1 aliphatic rings. The highest BCUT2D eigenvalue weighted by molar-refractivity contribution is 7.91. The summed E-state index contributed by atoms with van der Waals surface area (Å²) in [6.45, 7) is 9.94. The summed E-state index contributed by atoms with van der Waals surface area (Å²) in [6.07, 6.45) is 5.29. The number of benzene rings is 2. The van der Waals surface area contributed by atoms with Gasteiger partial charge in [0.25, 0.3) is 0 Å². The summed E-state index contributed by atoms with van der Waals surface area (Å²) in [5.41, 5.74) is 2.01. The molecule has 1 unspecified atom stereocenters. The van der Waals surface area contributed by atoms with E-state index < -0.39 is 21.1 Å². The van der Waals surface area contributed by atoms with Crippen LogP contribution < -0.4 is 10.3 Å². The molecule has 0 N–H and O–H groups in total. The summed E-state index contributed by atoms with van der Waals surface area (Å²) in [7, 11) is -4.07. The molecule has 0 aliphatic carbocycles. The monoisotopic (exact) mass is 484 g/mol. The highest BCUT2D eigenvalue weighted by Crippen LogP contribution is 2.30. The van der Waals surface area contributed by atoms with Gasteiger partial charge in [0.1, 0.15) is 10.7 Å². The van der Waals surface area contributed by atoms with Crippen LogP contribution in [0, 0.1) is 25.6 Å². The fraction of sp³-hybridized carbons (Fsp3) is 0.444. The Balaban J connectivity index is 1.94. The molecule has 1 aromatic heterocycles. The van der Waals surface area contributed by atoms with E-state index in [4.69, 9.17) is 0 Å². The quantitative estimate of drug-likeness (QED) is 0.455. The Kier molecular flexibility index (Phi) is 6.85. The Hall–Kier alpha value is -2.67. The van der Waals surface area contributed by atoms with Crippen LogP contribution in [0.15, 0.2) is 51.1 Å². The van der Waals surface area contributed by atoms with Crippen molar-refractivity contribution < 1.29 is 12.8 Å². The van der Waals surface area contributed by atoms with Crippen LogP contribution in [0.25, 0.3) is 10.9 Å². The van der Waals surface area contributed by atoms with Crippen LogP contribution >= 0.6 is 0 Å². The van der Waals surface area contributed by atoms with Crippen LogP contribution in [0.5, 0.6) is 0 Å². The van der Waals surface area contributed by atoms with Crippen molar-refractivity contribution in [2.24, 2.45) is 5.92 Å². The van der Waals surface area contributed by atoms with Crippen molar-refractivity contribution in [3.8, 4) is 0 Å². The van der Waals surface area contributed by atoms with E-state index in [1.807, 2.05) is 29.4 Å². The van der Waals surface area contributed by atoms with Crippen molar-refractivity contribution in [2.45, 2.75) is 69.7 Å². The molecule has 1 atom stereocenters. The molecule has 2 heterocycles. The molecule has 1 aliphatic heterocycles. The number of unbranched alkanes of at least 4 members (excludes halogenated alkanes) is 1. The standard InChI is InChI=1S/C27H33FN2O3S/c1-5-6-9-30-17-26(34(32,33)21-12-19(3)11-20(4)13-21)27(31)22-14-23(28)25(15-24(22)30)29-10-7-8-18(2)16-29/h11-15,17-18H,5-10,16H2,1-4H3. The Labute approximate surface area is 201 Å². The van der Waals surface area contributed by atoms with Crippen molar-refractivity contribution in [2.75, 3.05) is 18.0 Å². The SMILES string of the molecule is CCCCn1cc(S(=O)(=O)c2cc(C)cc(C)c2)c(=O)c2cc(F)c(N3CCCC(C)C3)cc21. The molecule has 0 spiro atoms. The van der Waals surface area contributed by atoms with Crippen molar-refractivity contribution in [1.29, 1.82) is 0 Å². The van der Waals surface area contributed by atoms with Crippen molar-refractivity contribution >= 4 is 26.4 Å². The average molecular weight is 485 g/mol. The molecular weight excluding hydrogens is 451 g/mol. The van der Waals surface area contributed by atoms with Crippen LogP contribution in [-0.2, 0) is 16.4 Å². The highest BCUT2D eigenvalue weighted by Gasteiger charge is 2.26. The smallest absolute Gasteiger partial charge is 0.211 e. The lowest BCUT2D eigenvalue weighted by Crippen LogP contribution is -2.35. The second kappa shape index (κ2) is 9.53. The number of pyridine rings is 1. The molecule has 182 valence electrons. The number of fused-ring (bicyclic) bond motifs is 1. The van der Waals surface area contributed by atoms with Crippen LogP contribution in [0.2, 0.25) is 0 Å². The molecular formula is C27H33FN2O3S. The molecule has 5 nitrogen and oxygen atoms in total. The van der Waals surface area contributed by atoms with Gasteiger partial charge in [-0.2, -0.15) is 0 Å². The predicted molar refractivity (Wildman–Crippen MR) is 135 cm³/mol. The minimum absolute atomic E-state index is 0.0860. The minimum atomic E-state index is -4.07. The summed E-state index contributed by atoms with van der Waals surface area (Å²) in [5.74, 6) is -0.0156. The number of sulfone groups is 1. The third-order valence-corrected chi connectivity index (χ3v) is 8.39. The predicted octanol–water partition coefficient (Wildman–Crippen LogP) is 5.63. The van der Waals surface area contributed by atoms with Gasteiger partial charge in [-0.25, -0.2) is 12.8 Å². The molecule has 0 radical (unpaired) electrons. The Morgan fingerprint density at radius 3 is 2.44 bits per heavy atom. The lowest BCUT2D eigenvalue weighted by Gasteiger charge is -2.33. The molecule has 0 amide bonds. The molecule has 2 aromatic carbocycles. The van der Waals surface area contributed by atoms with Gasteiger partial charge in [0, 0.05) is 25.8 Å². The topological polar surface area (TPSA) is 59.4 Å². The van der Waals surface area contributed by atoms with Gasteiger partial charge in [0.15, 0.2) is 0 Å². The average Bonchev–Trinajstić information content (AvgIpc) is 2.77. The Morgan fingerprint density at radius 1 is 1.09 bits per heavy atom. The second-order valence-corrected chi connectivity index (χ2v) is 11.6. The molecule has 1 fully saturated rings. The number of hydrogen-bond donors (Lipinski definition) is 0. The molecule has 7 heteroatoms. The number of aromatic nitrogens is 1. The first-order valence-corrected chi connectivity index (χ1v) is 13.5. The van der Waals surface area contributed by atoms with Crippen LogP contribution in [0.1, 0.15) is 50.7 Å². The zero-order valence-corrected chi connectivity index (χ0v) is 21.2. The van der Waals surface area contributed by atoms with E-state index in [1.165, 1.54) is 12.3 Å². The zero-order chi connectivity index (χ0) is 24.6. The maximum absolute atomic E-state index is 15.3. The van der Waals surface area contributed by atoms with Gasteiger partial charge in [-0.05, 0) is 74.4 Å². The molecule has 34 heavy (non-hydrogen) atoms. The number of hydrogen-bond acceptors (Lipinski definition) is 4. The minimum Gasteiger partial charge on any atom is -0.369 e. The maximum atomic E-state index is 15.3. The Morgan fingerprint density at radius 2 is 1.79 bits per heavy atom. The summed E-state index contributed by atoms with van der Waals surface area (Å²) in [6, 6.07) is 7.99. The van der Waals surface area contributed by atoms with Gasteiger partial charge in [0.2, 0.25) is 15.3 Å². The van der Waals surface area contributed by atoms with Gasteiger partial charge >= 0.3 is 0 Å². The third-order valence-electron chi connectivity index (χ3n) is 6.66. The first kappa shape index (κ1) is 24.5. The van der Waals surface area contributed by atoms with Gasteiger partial charge in [0.05, 0.1) is 21.5 Å². The first-order chi connectivity index (χ1) is 16.1. The summed E-state index contributed by atoms with van der Waals surface area (Å²) >= 11 is 0. The van der Waals surface area contributed by atoms with E-state index in [9.17, 15) is 13.2 Å². The van der Waals surface area contributed by atoms with E-state index in [-0.39, 0.29) is 15.2 Å². The van der Waals surface area contributed by atoms with Crippen molar-refractivity contribution in [1.82, 2.24) is 4.57 Å². The summed E-state index contributed by atoms with van der Waals surface area (Å²) in [4.78, 5) is 15.3. The second-order valence-electron chi connectivity index (χ2n) is 9.71. The lowest BCUT2D eigenvalue weighted by molar-refractivity contribution is 0.442. The van der Waals surface area contributed by atoms with E-state index in [0.717, 1.165) is 49.9 Å². The molecule has 0 bridgehead atoms. The van der Waals surface area contributed by atoms with Crippen LogP contribution in [0.4, 0.5) is 10.1 Å². The van der Waals surface area contributed by atoms with E-state index in [0.29, 0.717) is 23.7 Å². The van der Waals surface area contributed by atoms with Gasteiger partial charge < -0.3 is 9.47 Å². The maximum Gasteiger partial charge on any atom is 0.211 e. The van der Waals surface area contributed by atoms with E-state index >= 15 is 4.39 Å². The molecule has 3 aromatic rings. The van der Waals surface area contributed by atoms with Crippen molar-refractivity contribution in [3.05, 3.63) is 63.7 Å². The van der Waals surface area contributed by atoms with E-state index in [2.05, 4.69) is 13.8 Å². The van der Waals surface area contributed by atoms with Crippen LogP contribution in [-0.4, -0.2) is 26.1 Å². The number of nitrogens with zero attached hydrogens (tertiary/aromatic N) is 2. The number of halogens is 1. The van der Waals surface area contributed by atoms with Gasteiger partial charge in [-0.3, -0.25) is 4.79 Å². The fourth-order valence-electron chi connectivity index (χ4n) is 4.94. The summed E-state index contributed by atoms with van der Waals surface area (Å²) < 4.78 is 44.2. The number of piperidine rings is 1. The van der Waals surface area contributed by atoms with E-state index in [1.54, 1.807) is 18.2 Å². The molecule has 1 saturated heterocycles. The highest BCUT2D eigenvalue weighted by atomic mass is 32.2. The molecule has 4 rings (SSSR count). The van der Waals surface area contributed by atoms with Crippen LogP contribution in [0.3, 0.4) is 0 Å². The zero-order valence-electron chi connectivity index (χ0n) is 20.4.